The molecule has 5 heteroatoms. The van der Waals surface area contributed by atoms with Gasteiger partial charge in [0.15, 0.2) is 5.06 Å². The first-order valence-corrected chi connectivity index (χ1v) is 5.16. The summed E-state index contributed by atoms with van der Waals surface area (Å²) >= 11 is 4.64. The Bertz CT molecular complexity index is 271. The topological polar surface area (TPSA) is 35.5 Å². The number of hydrogen-bond acceptors (Lipinski definition) is 4. The van der Waals surface area contributed by atoms with Crippen molar-refractivity contribution in [1.82, 2.24) is 0 Å². The van der Waals surface area contributed by atoms with Crippen LogP contribution >= 0.6 is 27.3 Å². The van der Waals surface area contributed by atoms with E-state index in [1.54, 1.807) is 0 Å². The summed E-state index contributed by atoms with van der Waals surface area (Å²) in [7, 11) is 1.28. The smallest absolute Gasteiger partial charge is 0.437 e. The SMILES string of the molecule is COC(=O)Oc1sccc1CBr. The van der Waals surface area contributed by atoms with Crippen LogP contribution in [0.15, 0.2) is 11.4 Å². The maximum absolute atomic E-state index is 10.7. The highest BCUT2D eigenvalue weighted by Gasteiger charge is 2.09. The molecule has 0 N–H and O–H groups in total. The lowest BCUT2D eigenvalue weighted by molar-refractivity contribution is 0.122. The van der Waals surface area contributed by atoms with Crippen molar-refractivity contribution in [2.24, 2.45) is 0 Å². The molecule has 0 bridgehead atoms. The Morgan fingerprint density at radius 3 is 3.08 bits per heavy atom. The van der Waals surface area contributed by atoms with Gasteiger partial charge in [0, 0.05) is 10.9 Å². The summed E-state index contributed by atoms with van der Waals surface area (Å²) in [5, 5.41) is 3.11. The van der Waals surface area contributed by atoms with Crippen LogP contribution in [0.3, 0.4) is 0 Å². The first-order chi connectivity index (χ1) is 5.77. The normalized spacial score (nSPS) is 9.50. The maximum atomic E-state index is 10.7. The quantitative estimate of drug-likeness (QED) is 0.598. The van der Waals surface area contributed by atoms with Crippen molar-refractivity contribution in [2.75, 3.05) is 7.11 Å². The minimum absolute atomic E-state index is 0.582. The maximum Gasteiger partial charge on any atom is 0.514 e. The van der Waals surface area contributed by atoms with E-state index in [0.717, 1.165) is 5.56 Å². The minimum Gasteiger partial charge on any atom is -0.437 e. The van der Waals surface area contributed by atoms with Gasteiger partial charge in [-0.1, -0.05) is 15.9 Å². The third-order valence-electron chi connectivity index (χ3n) is 1.19. The average molecular weight is 251 g/mol. The Labute approximate surface area is 82.4 Å². The van der Waals surface area contributed by atoms with E-state index in [2.05, 4.69) is 20.7 Å². The van der Waals surface area contributed by atoms with E-state index >= 15 is 0 Å². The van der Waals surface area contributed by atoms with Gasteiger partial charge in [0.2, 0.25) is 0 Å². The fraction of sp³-hybridized carbons (Fsp3) is 0.286. The second-order valence-electron chi connectivity index (χ2n) is 1.92. The van der Waals surface area contributed by atoms with E-state index in [4.69, 9.17) is 4.74 Å². The molecule has 0 spiro atoms. The number of methoxy groups -OCH3 is 1. The number of carbonyl (C=O) groups excluding carboxylic acids is 1. The Kier molecular flexibility index (Phi) is 3.55. The van der Waals surface area contributed by atoms with Gasteiger partial charge in [-0.25, -0.2) is 4.79 Å². The molecule has 0 aliphatic rings. The summed E-state index contributed by atoms with van der Waals surface area (Å²) in [4.78, 5) is 10.7. The van der Waals surface area contributed by atoms with Crippen molar-refractivity contribution in [1.29, 1.82) is 0 Å². The number of carbonyl (C=O) groups is 1. The predicted molar refractivity (Wildman–Crippen MR) is 50.0 cm³/mol. The summed E-state index contributed by atoms with van der Waals surface area (Å²) in [5.74, 6) is 0. The van der Waals surface area contributed by atoms with Gasteiger partial charge in [-0.3, -0.25) is 0 Å². The van der Waals surface area contributed by atoms with Crippen LogP contribution in [0.2, 0.25) is 0 Å². The van der Waals surface area contributed by atoms with E-state index in [9.17, 15) is 4.79 Å². The van der Waals surface area contributed by atoms with Gasteiger partial charge in [-0.2, -0.15) is 0 Å². The molecule has 12 heavy (non-hydrogen) atoms. The van der Waals surface area contributed by atoms with Gasteiger partial charge in [0.05, 0.1) is 7.11 Å². The zero-order valence-corrected chi connectivity index (χ0v) is 8.78. The first-order valence-electron chi connectivity index (χ1n) is 3.16. The van der Waals surface area contributed by atoms with Crippen LogP contribution < -0.4 is 4.74 Å². The lowest BCUT2D eigenvalue weighted by Gasteiger charge is -2.00. The van der Waals surface area contributed by atoms with Crippen LogP contribution in [-0.4, -0.2) is 13.3 Å². The van der Waals surface area contributed by atoms with Crippen LogP contribution in [0.4, 0.5) is 4.79 Å². The molecule has 0 atom stereocenters. The third kappa shape index (κ3) is 2.22. The molecule has 0 aliphatic heterocycles. The molecular weight excluding hydrogens is 244 g/mol. The molecule has 1 rings (SSSR count). The van der Waals surface area contributed by atoms with Crippen molar-refractivity contribution in [3.8, 4) is 5.06 Å². The predicted octanol–water partition coefficient (Wildman–Crippen LogP) is 2.79. The minimum atomic E-state index is -0.681. The van der Waals surface area contributed by atoms with Crippen molar-refractivity contribution in [3.63, 3.8) is 0 Å². The molecule has 0 radical (unpaired) electrons. The molecule has 1 aromatic rings. The average Bonchev–Trinajstić information content (AvgIpc) is 2.51. The Morgan fingerprint density at radius 2 is 2.50 bits per heavy atom. The van der Waals surface area contributed by atoms with Crippen molar-refractivity contribution in [2.45, 2.75) is 5.33 Å². The van der Waals surface area contributed by atoms with Crippen LogP contribution in [0.1, 0.15) is 5.56 Å². The van der Waals surface area contributed by atoms with E-state index in [1.165, 1.54) is 18.4 Å². The number of hydrogen-bond donors (Lipinski definition) is 0. The number of rotatable bonds is 2. The summed E-state index contributed by atoms with van der Waals surface area (Å²) in [6, 6.07) is 1.89. The van der Waals surface area contributed by atoms with Gasteiger partial charge in [-0.05, 0) is 11.4 Å². The summed E-state index contributed by atoms with van der Waals surface area (Å²) in [5.41, 5.74) is 0.949. The molecule has 66 valence electrons. The Morgan fingerprint density at radius 1 is 1.75 bits per heavy atom. The van der Waals surface area contributed by atoms with Gasteiger partial charge >= 0.3 is 6.16 Å². The largest absolute Gasteiger partial charge is 0.514 e. The number of alkyl halides is 1. The van der Waals surface area contributed by atoms with Crippen LogP contribution in [-0.2, 0) is 10.1 Å². The molecule has 0 aromatic carbocycles. The fourth-order valence-corrected chi connectivity index (χ4v) is 2.02. The van der Waals surface area contributed by atoms with Crippen LogP contribution in [0.5, 0.6) is 5.06 Å². The molecular formula is C7H7BrO3S. The van der Waals surface area contributed by atoms with Crippen molar-refractivity contribution < 1.29 is 14.3 Å². The zero-order chi connectivity index (χ0) is 8.97. The molecule has 3 nitrogen and oxygen atoms in total. The molecule has 0 aliphatic carbocycles. The standard InChI is InChI=1S/C7H7BrO3S/c1-10-7(9)11-6-5(4-8)2-3-12-6/h2-3H,4H2,1H3. The highest BCUT2D eigenvalue weighted by atomic mass is 79.9. The summed E-state index contributed by atoms with van der Waals surface area (Å²) in [6.45, 7) is 0. The van der Waals surface area contributed by atoms with Crippen molar-refractivity contribution in [3.05, 3.63) is 17.0 Å². The van der Waals surface area contributed by atoms with E-state index in [0.29, 0.717) is 10.4 Å². The molecule has 0 amide bonds. The van der Waals surface area contributed by atoms with Crippen LogP contribution in [0, 0.1) is 0 Å². The molecule has 1 heterocycles. The summed E-state index contributed by atoms with van der Waals surface area (Å²) < 4.78 is 9.21. The molecule has 1 aromatic heterocycles. The number of ether oxygens (including phenoxy) is 2. The number of halogens is 1. The lowest BCUT2D eigenvalue weighted by atomic mass is 10.4. The van der Waals surface area contributed by atoms with Crippen molar-refractivity contribution >= 4 is 33.4 Å². The van der Waals surface area contributed by atoms with E-state index in [1.807, 2.05) is 11.4 Å². The highest BCUT2D eigenvalue weighted by Crippen LogP contribution is 2.28. The van der Waals surface area contributed by atoms with Gasteiger partial charge in [-0.15, -0.1) is 11.3 Å². The molecule has 0 fully saturated rings. The third-order valence-corrected chi connectivity index (χ3v) is 2.63. The summed E-state index contributed by atoms with van der Waals surface area (Å²) in [6.07, 6.45) is -0.681. The molecule has 0 unspecified atom stereocenters. The first kappa shape index (κ1) is 9.54. The highest BCUT2D eigenvalue weighted by molar-refractivity contribution is 9.08. The Hall–Kier alpha value is -0.550. The Balaban J connectivity index is 2.68. The molecule has 0 saturated carbocycles. The van der Waals surface area contributed by atoms with E-state index < -0.39 is 6.16 Å². The number of thiophene rings is 1. The molecule has 0 saturated heterocycles. The second kappa shape index (κ2) is 4.47. The van der Waals surface area contributed by atoms with E-state index in [-0.39, 0.29) is 0 Å². The van der Waals surface area contributed by atoms with Crippen LogP contribution in [0.25, 0.3) is 0 Å². The second-order valence-corrected chi connectivity index (χ2v) is 3.36. The van der Waals surface area contributed by atoms with Gasteiger partial charge < -0.3 is 9.47 Å². The van der Waals surface area contributed by atoms with Gasteiger partial charge in [0.25, 0.3) is 0 Å². The fourth-order valence-electron chi connectivity index (χ4n) is 0.628. The monoisotopic (exact) mass is 250 g/mol. The van der Waals surface area contributed by atoms with Gasteiger partial charge in [0.1, 0.15) is 0 Å². The lowest BCUT2D eigenvalue weighted by Crippen LogP contribution is -2.06. The zero-order valence-electron chi connectivity index (χ0n) is 6.37.